The molecule has 3 heterocycles. The predicted molar refractivity (Wildman–Crippen MR) is 102 cm³/mol. The van der Waals surface area contributed by atoms with Crippen LogP contribution >= 0.6 is 35.3 Å². The molecule has 0 atom stereocenters. The zero-order valence-electron chi connectivity index (χ0n) is 12.4. The quantitative estimate of drug-likeness (QED) is 0.372. The van der Waals surface area contributed by atoms with Crippen LogP contribution in [-0.2, 0) is 0 Å². The van der Waals surface area contributed by atoms with Crippen molar-refractivity contribution >= 4 is 49.9 Å². The Bertz CT molecular complexity index is 839. The summed E-state index contributed by atoms with van der Waals surface area (Å²) in [5.74, 6) is 0. The zero-order valence-corrected chi connectivity index (χ0v) is 14.9. The first-order chi connectivity index (χ1) is 11.3. The second-order valence-electron chi connectivity index (χ2n) is 5.44. The Kier molecular flexibility index (Phi) is 4.29. The Morgan fingerprint density at radius 3 is 2.70 bits per heavy atom. The van der Waals surface area contributed by atoms with E-state index in [4.69, 9.17) is 12.2 Å². The monoisotopic (exact) mass is 357 g/mol. The standard InChI is InChI=1S/C17H15N3S3/c21-17(20-8-4-5-9-20)23-16-13-10-14(12-6-2-1-3-7-12)22-15(13)18-11-19-16/h1-3,6-7,10-11H,4-5,8-9H2. The Labute approximate surface area is 148 Å². The number of aromatic nitrogens is 2. The first-order valence-corrected chi connectivity index (χ1v) is 9.62. The third-order valence-electron chi connectivity index (χ3n) is 3.90. The molecular formula is C17H15N3S3. The Hall–Kier alpha value is -1.50. The zero-order chi connectivity index (χ0) is 15.6. The Morgan fingerprint density at radius 1 is 1.13 bits per heavy atom. The van der Waals surface area contributed by atoms with E-state index in [1.165, 1.54) is 23.3 Å². The van der Waals surface area contributed by atoms with E-state index < -0.39 is 0 Å². The number of hydrogen-bond donors (Lipinski definition) is 0. The minimum Gasteiger partial charge on any atom is -0.357 e. The van der Waals surface area contributed by atoms with Gasteiger partial charge in [0, 0.05) is 23.4 Å². The normalized spacial score (nSPS) is 14.5. The van der Waals surface area contributed by atoms with Crippen molar-refractivity contribution < 1.29 is 0 Å². The number of hydrogen-bond acceptors (Lipinski definition) is 5. The number of benzene rings is 1. The Morgan fingerprint density at radius 2 is 1.91 bits per heavy atom. The molecule has 0 N–H and O–H groups in total. The molecule has 3 nitrogen and oxygen atoms in total. The largest absolute Gasteiger partial charge is 0.357 e. The molecule has 1 aliphatic rings. The minimum atomic E-state index is 0.926. The number of nitrogens with zero attached hydrogens (tertiary/aromatic N) is 3. The van der Waals surface area contributed by atoms with Crippen LogP contribution in [0.2, 0.25) is 0 Å². The molecule has 3 aromatic rings. The second kappa shape index (κ2) is 6.55. The fourth-order valence-electron chi connectivity index (χ4n) is 2.71. The highest BCUT2D eigenvalue weighted by Crippen LogP contribution is 2.36. The summed E-state index contributed by atoms with van der Waals surface area (Å²) >= 11 is 8.89. The molecule has 23 heavy (non-hydrogen) atoms. The SMILES string of the molecule is S=C(Sc1ncnc2sc(-c3ccccc3)cc12)N1CCCC1. The molecule has 4 rings (SSSR count). The molecule has 2 aromatic heterocycles. The molecule has 1 aromatic carbocycles. The van der Waals surface area contributed by atoms with Gasteiger partial charge in [0.1, 0.15) is 20.5 Å². The van der Waals surface area contributed by atoms with Gasteiger partial charge in [-0.1, -0.05) is 42.5 Å². The number of thiocarbonyl (C=S) groups is 1. The summed E-state index contributed by atoms with van der Waals surface area (Å²) in [6.07, 6.45) is 4.11. The highest BCUT2D eigenvalue weighted by molar-refractivity contribution is 8.23. The van der Waals surface area contributed by atoms with Gasteiger partial charge in [-0.05, 0) is 36.2 Å². The van der Waals surface area contributed by atoms with Crippen LogP contribution in [0.5, 0.6) is 0 Å². The molecule has 1 saturated heterocycles. The van der Waals surface area contributed by atoms with E-state index in [0.29, 0.717) is 0 Å². The summed E-state index contributed by atoms with van der Waals surface area (Å²) < 4.78 is 0.926. The lowest BCUT2D eigenvalue weighted by Crippen LogP contribution is -2.23. The molecule has 0 amide bonds. The average Bonchev–Trinajstić information content (AvgIpc) is 3.26. The van der Waals surface area contributed by atoms with E-state index >= 15 is 0 Å². The van der Waals surface area contributed by atoms with Crippen LogP contribution < -0.4 is 0 Å². The van der Waals surface area contributed by atoms with E-state index in [1.807, 2.05) is 6.07 Å². The summed E-state index contributed by atoms with van der Waals surface area (Å²) in [7, 11) is 0. The first kappa shape index (κ1) is 15.1. The van der Waals surface area contributed by atoms with Gasteiger partial charge in [-0.25, -0.2) is 9.97 Å². The highest BCUT2D eigenvalue weighted by atomic mass is 32.2. The van der Waals surface area contributed by atoms with Gasteiger partial charge >= 0.3 is 0 Å². The van der Waals surface area contributed by atoms with Gasteiger partial charge in [0.2, 0.25) is 0 Å². The molecule has 0 saturated carbocycles. The summed E-state index contributed by atoms with van der Waals surface area (Å²) in [6.45, 7) is 2.14. The first-order valence-electron chi connectivity index (χ1n) is 7.58. The van der Waals surface area contributed by atoms with Gasteiger partial charge in [0.15, 0.2) is 0 Å². The highest BCUT2D eigenvalue weighted by Gasteiger charge is 2.18. The van der Waals surface area contributed by atoms with Crippen molar-refractivity contribution in [1.82, 2.24) is 14.9 Å². The van der Waals surface area contributed by atoms with Gasteiger partial charge < -0.3 is 4.90 Å². The van der Waals surface area contributed by atoms with Gasteiger partial charge in [-0.3, -0.25) is 0 Å². The topological polar surface area (TPSA) is 29.0 Å². The molecule has 6 heteroatoms. The molecule has 0 spiro atoms. The smallest absolute Gasteiger partial charge is 0.142 e. The van der Waals surface area contributed by atoms with Crippen molar-refractivity contribution in [3.8, 4) is 10.4 Å². The van der Waals surface area contributed by atoms with Crippen LogP contribution in [0.1, 0.15) is 12.8 Å². The lowest BCUT2D eigenvalue weighted by molar-refractivity contribution is 0.539. The van der Waals surface area contributed by atoms with Crippen LogP contribution in [0.15, 0.2) is 47.8 Å². The molecule has 0 unspecified atom stereocenters. The maximum atomic E-state index is 5.59. The van der Waals surface area contributed by atoms with E-state index in [2.05, 4.69) is 45.2 Å². The maximum absolute atomic E-state index is 5.59. The molecule has 0 radical (unpaired) electrons. The molecule has 116 valence electrons. The second-order valence-corrected chi connectivity index (χ2v) is 8.09. The number of thioether (sulfide) groups is 1. The molecule has 1 fully saturated rings. The van der Waals surface area contributed by atoms with Crippen molar-refractivity contribution in [3.63, 3.8) is 0 Å². The number of fused-ring (bicyclic) bond motifs is 1. The van der Waals surface area contributed by atoms with Gasteiger partial charge in [-0.15, -0.1) is 11.3 Å². The van der Waals surface area contributed by atoms with Crippen molar-refractivity contribution in [2.75, 3.05) is 13.1 Å². The van der Waals surface area contributed by atoms with Crippen LogP contribution in [0, 0.1) is 0 Å². The fraction of sp³-hybridized carbons (Fsp3) is 0.235. The third-order valence-corrected chi connectivity index (χ3v) is 6.45. The average molecular weight is 358 g/mol. The third kappa shape index (κ3) is 3.11. The number of likely N-dealkylation sites (tertiary alicyclic amines) is 1. The van der Waals surface area contributed by atoms with Crippen molar-refractivity contribution in [2.24, 2.45) is 0 Å². The summed E-state index contributed by atoms with van der Waals surface area (Å²) in [5.41, 5.74) is 1.22. The lowest BCUT2D eigenvalue weighted by atomic mass is 10.2. The van der Waals surface area contributed by atoms with E-state index in [1.54, 1.807) is 29.4 Å². The van der Waals surface area contributed by atoms with E-state index in [0.717, 1.165) is 32.7 Å². The molecule has 0 bridgehead atoms. The Balaban J connectivity index is 1.67. The van der Waals surface area contributed by atoms with Gasteiger partial charge in [-0.2, -0.15) is 0 Å². The van der Waals surface area contributed by atoms with Crippen LogP contribution in [0.25, 0.3) is 20.7 Å². The van der Waals surface area contributed by atoms with Crippen molar-refractivity contribution in [1.29, 1.82) is 0 Å². The molecule has 0 aliphatic carbocycles. The number of thiophene rings is 1. The van der Waals surface area contributed by atoms with Crippen molar-refractivity contribution in [2.45, 2.75) is 17.9 Å². The van der Waals surface area contributed by atoms with E-state index in [9.17, 15) is 0 Å². The predicted octanol–water partition coefficient (Wildman–Crippen LogP) is 4.83. The minimum absolute atomic E-state index is 0.926. The summed E-state index contributed by atoms with van der Waals surface area (Å²) in [6, 6.07) is 12.6. The molecule has 1 aliphatic heterocycles. The van der Waals surface area contributed by atoms with Gasteiger partial charge in [0.25, 0.3) is 0 Å². The number of rotatable bonds is 2. The maximum Gasteiger partial charge on any atom is 0.142 e. The van der Waals surface area contributed by atoms with E-state index in [-0.39, 0.29) is 0 Å². The fourth-order valence-corrected chi connectivity index (χ4v) is 5.04. The van der Waals surface area contributed by atoms with Crippen LogP contribution in [0.4, 0.5) is 0 Å². The van der Waals surface area contributed by atoms with Gasteiger partial charge in [0.05, 0.1) is 0 Å². The molecular weight excluding hydrogens is 342 g/mol. The van der Waals surface area contributed by atoms with Crippen LogP contribution in [-0.4, -0.2) is 32.3 Å². The summed E-state index contributed by atoms with van der Waals surface area (Å²) in [5, 5.41) is 2.06. The van der Waals surface area contributed by atoms with Crippen molar-refractivity contribution in [3.05, 3.63) is 42.7 Å². The van der Waals surface area contributed by atoms with Crippen LogP contribution in [0.3, 0.4) is 0 Å². The summed E-state index contributed by atoms with van der Waals surface area (Å²) in [4.78, 5) is 13.4. The lowest BCUT2D eigenvalue weighted by Gasteiger charge is -2.17.